The SMILES string of the molecule is Cc1nccn1-c1cc(NC(=O)c2ccc(Nc3nccc(-c4nccs4)n3)cc2)cc(C(F)(F)F)c1. The number of aryl methyl sites for hydroxylation is 1. The van der Waals surface area contributed by atoms with Crippen molar-refractivity contribution in [3.63, 3.8) is 0 Å². The largest absolute Gasteiger partial charge is 0.416 e. The number of nitrogens with zero attached hydrogens (tertiary/aromatic N) is 5. The summed E-state index contributed by atoms with van der Waals surface area (Å²) in [5, 5.41) is 8.24. The highest BCUT2D eigenvalue weighted by Gasteiger charge is 2.31. The first-order chi connectivity index (χ1) is 17.8. The van der Waals surface area contributed by atoms with E-state index >= 15 is 0 Å². The van der Waals surface area contributed by atoms with E-state index in [0.29, 0.717) is 23.2 Å². The molecule has 0 aliphatic rings. The number of aromatic nitrogens is 5. The van der Waals surface area contributed by atoms with E-state index in [1.807, 2.05) is 5.38 Å². The van der Waals surface area contributed by atoms with Gasteiger partial charge in [-0.1, -0.05) is 0 Å². The van der Waals surface area contributed by atoms with Crippen LogP contribution in [0.25, 0.3) is 16.4 Å². The van der Waals surface area contributed by atoms with Gasteiger partial charge in [0.2, 0.25) is 5.95 Å². The molecule has 186 valence electrons. The third-order valence-corrected chi connectivity index (χ3v) is 6.11. The van der Waals surface area contributed by atoms with Crippen LogP contribution < -0.4 is 10.6 Å². The standard InChI is InChI=1S/C25H18F3N7OS/c1-15-29-8-10-35(15)20-13-17(25(26,27)28)12-19(14-20)32-22(36)16-2-4-18(5-3-16)33-24-31-7-6-21(34-24)23-30-9-11-37-23/h2-14H,1H3,(H,32,36)(H,31,33,34). The van der Waals surface area contributed by atoms with Gasteiger partial charge in [0.05, 0.1) is 5.56 Å². The van der Waals surface area contributed by atoms with E-state index in [-0.39, 0.29) is 16.9 Å². The Morgan fingerprint density at radius 1 is 0.946 bits per heavy atom. The molecule has 2 aromatic carbocycles. The quantitative estimate of drug-likeness (QED) is 0.280. The number of imidazole rings is 1. The highest BCUT2D eigenvalue weighted by Crippen LogP contribution is 2.33. The lowest BCUT2D eigenvalue weighted by Gasteiger charge is -2.14. The van der Waals surface area contributed by atoms with Crippen LogP contribution in [-0.4, -0.2) is 30.4 Å². The molecule has 0 saturated carbocycles. The molecule has 0 bridgehead atoms. The van der Waals surface area contributed by atoms with Crippen LogP contribution in [-0.2, 0) is 6.18 Å². The monoisotopic (exact) mass is 521 g/mol. The van der Waals surface area contributed by atoms with Crippen molar-refractivity contribution in [2.45, 2.75) is 13.1 Å². The molecule has 0 spiro atoms. The van der Waals surface area contributed by atoms with Crippen LogP contribution in [0.2, 0.25) is 0 Å². The number of hydrogen-bond donors (Lipinski definition) is 2. The normalized spacial score (nSPS) is 11.4. The van der Waals surface area contributed by atoms with Crippen molar-refractivity contribution in [3.8, 4) is 16.4 Å². The highest BCUT2D eigenvalue weighted by atomic mass is 32.1. The zero-order chi connectivity index (χ0) is 26.0. The van der Waals surface area contributed by atoms with Crippen molar-refractivity contribution >= 4 is 34.6 Å². The number of thiazole rings is 1. The minimum Gasteiger partial charge on any atom is -0.324 e. The van der Waals surface area contributed by atoms with E-state index in [0.717, 1.165) is 17.1 Å². The van der Waals surface area contributed by atoms with E-state index in [9.17, 15) is 18.0 Å². The Bertz CT molecular complexity index is 1550. The van der Waals surface area contributed by atoms with Crippen molar-refractivity contribution in [2.24, 2.45) is 0 Å². The Labute approximate surface area is 212 Å². The molecule has 0 aliphatic carbocycles. The summed E-state index contributed by atoms with van der Waals surface area (Å²) in [5.41, 5.74) is 0.936. The number of alkyl halides is 3. The number of carbonyl (C=O) groups excluding carboxylic acids is 1. The topological polar surface area (TPSA) is 97.6 Å². The minimum absolute atomic E-state index is 0.0116. The maximum absolute atomic E-state index is 13.5. The summed E-state index contributed by atoms with van der Waals surface area (Å²) in [4.78, 5) is 29.7. The Morgan fingerprint density at radius 3 is 2.43 bits per heavy atom. The summed E-state index contributed by atoms with van der Waals surface area (Å²) in [6, 6.07) is 11.5. The van der Waals surface area contributed by atoms with Crippen molar-refractivity contribution in [2.75, 3.05) is 10.6 Å². The lowest BCUT2D eigenvalue weighted by atomic mass is 10.1. The van der Waals surface area contributed by atoms with Crippen LogP contribution in [0.15, 0.2) is 78.7 Å². The van der Waals surface area contributed by atoms with E-state index in [1.165, 1.54) is 28.2 Å². The summed E-state index contributed by atoms with van der Waals surface area (Å²) in [5.74, 6) is 0.318. The lowest BCUT2D eigenvalue weighted by molar-refractivity contribution is -0.137. The minimum atomic E-state index is -4.59. The summed E-state index contributed by atoms with van der Waals surface area (Å²) in [7, 11) is 0. The smallest absolute Gasteiger partial charge is 0.324 e. The first kappa shape index (κ1) is 24.1. The second-order valence-corrected chi connectivity index (χ2v) is 8.76. The summed E-state index contributed by atoms with van der Waals surface area (Å²) in [6.07, 6.45) is 1.76. The molecular weight excluding hydrogens is 503 g/mol. The predicted octanol–water partition coefficient (Wildman–Crippen LogP) is 6.11. The van der Waals surface area contributed by atoms with Gasteiger partial charge < -0.3 is 15.2 Å². The number of nitrogens with one attached hydrogen (secondary N) is 2. The van der Waals surface area contributed by atoms with Crippen LogP contribution >= 0.6 is 11.3 Å². The van der Waals surface area contributed by atoms with Crippen LogP contribution in [0.4, 0.5) is 30.5 Å². The van der Waals surface area contributed by atoms with E-state index in [4.69, 9.17) is 0 Å². The second-order valence-electron chi connectivity index (χ2n) is 7.87. The van der Waals surface area contributed by atoms with E-state index < -0.39 is 17.6 Å². The maximum Gasteiger partial charge on any atom is 0.416 e. The average molecular weight is 522 g/mol. The fourth-order valence-electron chi connectivity index (χ4n) is 3.56. The van der Waals surface area contributed by atoms with Crippen LogP contribution in [0.3, 0.4) is 0 Å². The van der Waals surface area contributed by atoms with Crippen molar-refractivity contribution in [1.82, 2.24) is 24.5 Å². The van der Waals surface area contributed by atoms with Crippen LogP contribution in [0, 0.1) is 6.92 Å². The number of hydrogen-bond acceptors (Lipinski definition) is 7. The molecule has 0 unspecified atom stereocenters. The zero-order valence-electron chi connectivity index (χ0n) is 19.2. The molecule has 0 saturated heterocycles. The molecule has 5 aromatic rings. The molecule has 37 heavy (non-hydrogen) atoms. The third-order valence-electron chi connectivity index (χ3n) is 5.32. The van der Waals surface area contributed by atoms with Gasteiger partial charge in [-0.2, -0.15) is 13.2 Å². The molecule has 3 aromatic heterocycles. The molecule has 1 amide bonds. The lowest BCUT2D eigenvalue weighted by Crippen LogP contribution is -2.14. The summed E-state index contributed by atoms with van der Waals surface area (Å²) < 4.78 is 42.1. The van der Waals surface area contributed by atoms with Gasteiger partial charge in [0.15, 0.2) is 0 Å². The molecule has 8 nitrogen and oxygen atoms in total. The van der Waals surface area contributed by atoms with Crippen molar-refractivity contribution in [3.05, 3.63) is 95.6 Å². The Morgan fingerprint density at radius 2 is 1.76 bits per heavy atom. The van der Waals surface area contributed by atoms with Gasteiger partial charge in [-0.25, -0.2) is 19.9 Å². The molecule has 0 fully saturated rings. The summed E-state index contributed by atoms with van der Waals surface area (Å²) in [6.45, 7) is 1.68. The molecule has 0 radical (unpaired) electrons. The Balaban J connectivity index is 1.33. The number of amides is 1. The van der Waals surface area contributed by atoms with Crippen molar-refractivity contribution < 1.29 is 18.0 Å². The maximum atomic E-state index is 13.5. The first-order valence-corrected chi connectivity index (χ1v) is 11.8. The van der Waals surface area contributed by atoms with Gasteiger partial charge in [0.1, 0.15) is 16.5 Å². The average Bonchev–Trinajstić information content (AvgIpc) is 3.56. The molecule has 3 heterocycles. The van der Waals surface area contributed by atoms with Crippen LogP contribution in [0.5, 0.6) is 0 Å². The molecule has 12 heteroatoms. The van der Waals surface area contributed by atoms with E-state index in [2.05, 4.69) is 30.6 Å². The number of halogens is 3. The van der Waals surface area contributed by atoms with E-state index in [1.54, 1.807) is 55.8 Å². The first-order valence-electron chi connectivity index (χ1n) is 10.9. The molecule has 0 aliphatic heterocycles. The van der Waals surface area contributed by atoms with Gasteiger partial charge in [-0.05, 0) is 55.5 Å². The van der Waals surface area contributed by atoms with Gasteiger partial charge >= 0.3 is 6.18 Å². The number of anilines is 3. The molecular formula is C25H18F3N7OS. The van der Waals surface area contributed by atoms with Crippen LogP contribution in [0.1, 0.15) is 21.7 Å². The van der Waals surface area contributed by atoms with Gasteiger partial charge in [0, 0.05) is 52.8 Å². The number of benzene rings is 2. The highest BCUT2D eigenvalue weighted by molar-refractivity contribution is 7.13. The van der Waals surface area contributed by atoms with Gasteiger partial charge in [0.25, 0.3) is 5.91 Å². The number of carbonyl (C=O) groups is 1. The fourth-order valence-corrected chi connectivity index (χ4v) is 4.17. The molecule has 0 atom stereocenters. The molecule has 5 rings (SSSR count). The zero-order valence-corrected chi connectivity index (χ0v) is 20.0. The second kappa shape index (κ2) is 9.82. The van der Waals surface area contributed by atoms with Crippen molar-refractivity contribution in [1.29, 1.82) is 0 Å². The fraction of sp³-hybridized carbons (Fsp3) is 0.0800. The predicted molar refractivity (Wildman–Crippen MR) is 134 cm³/mol. The Hall–Kier alpha value is -4.58. The third kappa shape index (κ3) is 5.48. The summed E-state index contributed by atoms with van der Waals surface area (Å²) >= 11 is 1.46. The Kier molecular flexibility index (Phi) is 6.40. The van der Waals surface area contributed by atoms with Gasteiger partial charge in [-0.3, -0.25) is 4.79 Å². The van der Waals surface area contributed by atoms with Gasteiger partial charge in [-0.15, -0.1) is 11.3 Å². The number of rotatable bonds is 6. The molecule has 2 N–H and O–H groups in total.